The first-order valence-electron chi connectivity index (χ1n) is 8.72. The first kappa shape index (κ1) is 18.9. The molecule has 1 aromatic carbocycles. The molecule has 0 bridgehead atoms. The summed E-state index contributed by atoms with van der Waals surface area (Å²) in [5, 5.41) is 8.70. The molecule has 3 aromatic rings. The molecule has 0 spiro atoms. The van der Waals surface area contributed by atoms with Crippen molar-refractivity contribution in [3.8, 4) is 22.4 Å². The Morgan fingerprint density at radius 3 is 2.42 bits per heavy atom. The number of aromatic nitrogens is 3. The average Bonchev–Trinajstić information content (AvgIpc) is 3.08. The number of halogens is 2. The highest BCUT2D eigenvalue weighted by Gasteiger charge is 2.26. The minimum absolute atomic E-state index is 0. The van der Waals surface area contributed by atoms with Crippen LogP contribution in [0.1, 0.15) is 37.3 Å². The molecular formula is C20H22Cl2N4. The summed E-state index contributed by atoms with van der Waals surface area (Å²) in [6, 6.07) is 12.3. The number of aromatic amines is 1. The monoisotopic (exact) mass is 388 g/mol. The van der Waals surface area contributed by atoms with Gasteiger partial charge in [-0.3, -0.25) is 10.1 Å². The summed E-state index contributed by atoms with van der Waals surface area (Å²) in [5.74, 6) is 0.461. The molecule has 6 heteroatoms. The van der Waals surface area contributed by atoms with Gasteiger partial charge in [-0.15, -0.1) is 12.4 Å². The average molecular weight is 389 g/mol. The standard InChI is InChI=1S/C20H21ClN4.ClH/c21-16-3-1-2-15(12-16)20-18(13-8-10-23-11-9-13)19(24-25-20)14-4-6-17(22)7-5-14;/h1-3,8-12,14,17H,4-7,22H2,(H,24,25);1H. The van der Waals surface area contributed by atoms with Crippen molar-refractivity contribution in [3.05, 3.63) is 59.5 Å². The molecule has 136 valence electrons. The van der Waals surface area contributed by atoms with Gasteiger partial charge >= 0.3 is 0 Å². The van der Waals surface area contributed by atoms with E-state index in [2.05, 4.69) is 15.2 Å². The van der Waals surface area contributed by atoms with E-state index in [4.69, 9.17) is 17.3 Å². The van der Waals surface area contributed by atoms with Crippen LogP contribution in [0, 0.1) is 0 Å². The van der Waals surface area contributed by atoms with E-state index in [9.17, 15) is 0 Å². The molecule has 0 unspecified atom stereocenters. The minimum Gasteiger partial charge on any atom is -0.328 e. The summed E-state index contributed by atoms with van der Waals surface area (Å²) in [6.45, 7) is 0. The smallest absolute Gasteiger partial charge is 0.100 e. The number of hydrogen-bond acceptors (Lipinski definition) is 3. The highest BCUT2D eigenvalue weighted by molar-refractivity contribution is 6.30. The fourth-order valence-electron chi connectivity index (χ4n) is 3.71. The molecule has 26 heavy (non-hydrogen) atoms. The van der Waals surface area contributed by atoms with Gasteiger partial charge in [0.1, 0.15) is 5.69 Å². The molecule has 2 aromatic heterocycles. The molecule has 1 saturated carbocycles. The molecule has 4 nitrogen and oxygen atoms in total. The third kappa shape index (κ3) is 3.78. The van der Waals surface area contributed by atoms with Crippen LogP contribution in [0.3, 0.4) is 0 Å². The van der Waals surface area contributed by atoms with E-state index in [1.54, 1.807) is 0 Å². The zero-order valence-corrected chi connectivity index (χ0v) is 15.9. The molecule has 0 saturated heterocycles. The number of rotatable bonds is 3. The third-order valence-electron chi connectivity index (χ3n) is 5.04. The minimum atomic E-state index is 0. The highest BCUT2D eigenvalue weighted by atomic mass is 35.5. The Labute approximate surface area is 164 Å². The zero-order valence-electron chi connectivity index (χ0n) is 14.4. The predicted octanol–water partition coefficient (Wildman–Crippen LogP) is 5.20. The molecule has 1 aliphatic rings. The van der Waals surface area contributed by atoms with Crippen LogP contribution in [-0.2, 0) is 0 Å². The normalized spacial score (nSPS) is 19.8. The predicted molar refractivity (Wildman–Crippen MR) is 109 cm³/mol. The summed E-state index contributed by atoms with van der Waals surface area (Å²) in [5.41, 5.74) is 11.5. The number of nitrogens with two attached hydrogens (primary N) is 1. The summed E-state index contributed by atoms with van der Waals surface area (Å²) < 4.78 is 0. The van der Waals surface area contributed by atoms with Crippen LogP contribution in [0.15, 0.2) is 48.8 Å². The van der Waals surface area contributed by atoms with Crippen molar-refractivity contribution in [1.82, 2.24) is 15.2 Å². The SMILES string of the molecule is Cl.NC1CCC(c2[nH]nc(-c3cccc(Cl)c3)c2-c2ccncc2)CC1. The lowest BCUT2D eigenvalue weighted by molar-refractivity contribution is 0.391. The van der Waals surface area contributed by atoms with E-state index < -0.39 is 0 Å². The third-order valence-corrected chi connectivity index (χ3v) is 5.28. The van der Waals surface area contributed by atoms with Gasteiger partial charge in [-0.25, -0.2) is 0 Å². The van der Waals surface area contributed by atoms with Crippen molar-refractivity contribution in [1.29, 1.82) is 0 Å². The van der Waals surface area contributed by atoms with Crippen molar-refractivity contribution < 1.29 is 0 Å². The van der Waals surface area contributed by atoms with E-state index in [-0.39, 0.29) is 12.4 Å². The molecule has 1 fully saturated rings. The summed E-state index contributed by atoms with van der Waals surface area (Å²) >= 11 is 6.20. The van der Waals surface area contributed by atoms with Crippen molar-refractivity contribution >= 4 is 24.0 Å². The van der Waals surface area contributed by atoms with Crippen molar-refractivity contribution in [2.75, 3.05) is 0 Å². The van der Waals surface area contributed by atoms with Gasteiger partial charge in [0.05, 0.1) is 0 Å². The van der Waals surface area contributed by atoms with E-state index >= 15 is 0 Å². The molecule has 0 radical (unpaired) electrons. The van der Waals surface area contributed by atoms with Gasteiger partial charge in [-0.2, -0.15) is 5.10 Å². The number of pyridine rings is 1. The lowest BCUT2D eigenvalue weighted by Gasteiger charge is -2.26. The van der Waals surface area contributed by atoms with E-state index in [1.165, 1.54) is 5.69 Å². The van der Waals surface area contributed by atoms with Gasteiger partial charge in [-0.1, -0.05) is 23.7 Å². The van der Waals surface area contributed by atoms with E-state index in [0.29, 0.717) is 17.0 Å². The number of nitrogens with one attached hydrogen (secondary N) is 1. The van der Waals surface area contributed by atoms with Crippen LogP contribution >= 0.6 is 24.0 Å². The van der Waals surface area contributed by atoms with Gasteiger partial charge < -0.3 is 5.73 Å². The number of nitrogens with zero attached hydrogens (tertiary/aromatic N) is 2. The molecule has 0 atom stereocenters. The summed E-state index contributed by atoms with van der Waals surface area (Å²) in [4.78, 5) is 4.16. The molecule has 2 heterocycles. The Balaban J connectivity index is 0.00000196. The Kier molecular flexibility index (Phi) is 5.97. The maximum absolute atomic E-state index is 6.20. The summed E-state index contributed by atoms with van der Waals surface area (Å²) in [7, 11) is 0. The van der Waals surface area contributed by atoms with Crippen LogP contribution in [0.2, 0.25) is 5.02 Å². The second-order valence-corrected chi connectivity index (χ2v) is 7.16. The Morgan fingerprint density at radius 1 is 1.00 bits per heavy atom. The van der Waals surface area contributed by atoms with Crippen LogP contribution < -0.4 is 5.73 Å². The second-order valence-electron chi connectivity index (χ2n) is 6.72. The van der Waals surface area contributed by atoms with Crippen molar-refractivity contribution in [3.63, 3.8) is 0 Å². The molecule has 0 aliphatic heterocycles. The fraction of sp³-hybridized carbons (Fsp3) is 0.300. The van der Waals surface area contributed by atoms with Crippen LogP contribution in [0.4, 0.5) is 0 Å². The van der Waals surface area contributed by atoms with Crippen molar-refractivity contribution in [2.45, 2.75) is 37.6 Å². The number of H-pyrrole nitrogens is 1. The second kappa shape index (κ2) is 8.21. The van der Waals surface area contributed by atoms with Gasteiger partial charge in [0.25, 0.3) is 0 Å². The van der Waals surface area contributed by atoms with Crippen LogP contribution in [-0.4, -0.2) is 21.2 Å². The quantitative estimate of drug-likeness (QED) is 0.647. The maximum atomic E-state index is 6.20. The lowest BCUT2D eigenvalue weighted by Crippen LogP contribution is -2.26. The molecule has 3 N–H and O–H groups in total. The highest BCUT2D eigenvalue weighted by Crippen LogP contribution is 2.41. The molecule has 1 aliphatic carbocycles. The Bertz CT molecular complexity index is 855. The van der Waals surface area contributed by atoms with Crippen LogP contribution in [0.5, 0.6) is 0 Å². The van der Waals surface area contributed by atoms with Gasteiger partial charge in [-0.05, 0) is 55.5 Å². The number of hydrogen-bond donors (Lipinski definition) is 2. The first-order valence-corrected chi connectivity index (χ1v) is 9.10. The van der Waals surface area contributed by atoms with E-state index in [0.717, 1.165) is 48.1 Å². The summed E-state index contributed by atoms with van der Waals surface area (Å²) in [6.07, 6.45) is 7.96. The van der Waals surface area contributed by atoms with Gasteiger partial charge in [0.15, 0.2) is 0 Å². The molecule has 0 amide bonds. The lowest BCUT2D eigenvalue weighted by atomic mass is 9.82. The van der Waals surface area contributed by atoms with Crippen LogP contribution in [0.25, 0.3) is 22.4 Å². The molecular weight excluding hydrogens is 367 g/mol. The largest absolute Gasteiger partial charge is 0.328 e. The topological polar surface area (TPSA) is 67.6 Å². The Hall–Kier alpha value is -1.88. The van der Waals surface area contributed by atoms with Crippen molar-refractivity contribution in [2.24, 2.45) is 5.73 Å². The van der Waals surface area contributed by atoms with Gasteiger partial charge in [0.2, 0.25) is 0 Å². The number of benzene rings is 1. The maximum Gasteiger partial charge on any atom is 0.100 e. The molecule has 4 rings (SSSR count). The van der Waals surface area contributed by atoms with E-state index in [1.807, 2.05) is 48.8 Å². The fourth-order valence-corrected chi connectivity index (χ4v) is 3.90. The zero-order chi connectivity index (χ0) is 17.2. The van der Waals surface area contributed by atoms with Gasteiger partial charge in [0, 0.05) is 46.2 Å². The Morgan fingerprint density at radius 2 is 1.73 bits per heavy atom. The first-order chi connectivity index (χ1) is 12.2.